The Labute approximate surface area is 747 Å². The standard InChI is InChI=1S/C24H37IN2O2.C23H29IN2O2.C22H33IN2O2.C22H29IN2O2.C4H10/c1-4-5-16-26-23(28)22(19-11-7-6-8-12-19)27(17-15-18(2)3)24(29)20-13-9-10-14-21(20)25;1-4-15-26(23(28)19-13-9-10-14-20(19)24)21(18-11-7-6-8-12-18)22(27)25-16-17(3)5-2;1-4-5-15-24-21(26)20(17-11-7-6-8-12-17)25(16(2)3)22(27)18-13-9-10-14-19(18)23;1-3-5-15-24-21(26)20(17-11-7-6-8-12-17)25(16-4-2)22(27)18-13-9-10-14-19(18)23;1-3-4-2/h9-10,13-14,18-19,22H,4-8,11-12,15-17H2,1-3H3,(H,26,28);1,5,9-10,13-14,18,21H,6-8,11-12,15-16H2,2-3H3,(H,25,27);9-10,13-14,16-17,20H,4-8,11-12,15H2,1-3H3,(H,24,26);2,9-10,13-14,17,20H,3,5-8,11-12,15-16H2,1H3,(H,24,26);3-4H2,1-2H3/b;17-5+;;;. The summed E-state index contributed by atoms with van der Waals surface area (Å²) in [6.07, 6.45) is 44.4. The van der Waals surface area contributed by atoms with Crippen LogP contribution in [-0.4, -0.2) is 143 Å². The van der Waals surface area contributed by atoms with Gasteiger partial charge in [0.1, 0.15) is 24.2 Å². The summed E-state index contributed by atoms with van der Waals surface area (Å²) in [5, 5.41) is 12.3. The minimum absolute atomic E-state index is 0.00290. The number of nitrogens with zero attached hydrogens (tertiary/aromatic N) is 4. The van der Waals surface area contributed by atoms with Crippen LogP contribution in [-0.2, 0) is 19.2 Å². The van der Waals surface area contributed by atoms with Crippen molar-refractivity contribution in [2.75, 3.05) is 45.8 Å². The van der Waals surface area contributed by atoms with Gasteiger partial charge in [0.15, 0.2) is 0 Å². The summed E-state index contributed by atoms with van der Waals surface area (Å²) in [6, 6.07) is 28.4. The van der Waals surface area contributed by atoms with Gasteiger partial charge in [-0.2, -0.15) is 0 Å². The van der Waals surface area contributed by atoms with Gasteiger partial charge in [-0.1, -0.05) is 230 Å². The molecule has 0 radical (unpaired) electrons. The van der Waals surface area contributed by atoms with E-state index < -0.39 is 12.1 Å². The number of rotatable bonds is 34. The Morgan fingerprint density at radius 1 is 0.409 bits per heavy atom. The second-order valence-electron chi connectivity index (χ2n) is 31.8. The molecule has 4 aliphatic rings. The smallest absolute Gasteiger partial charge is 0.256 e. The predicted molar refractivity (Wildman–Crippen MR) is 506 cm³/mol. The number of hydrogen-bond acceptors (Lipinski definition) is 8. The monoisotopic (exact) mass is 2030 g/mol. The maximum Gasteiger partial charge on any atom is 0.256 e. The summed E-state index contributed by atoms with van der Waals surface area (Å²) in [7, 11) is 0. The number of unbranched alkanes of at least 4 members (excludes halogenated alkanes) is 4. The van der Waals surface area contributed by atoms with Crippen molar-refractivity contribution in [3.05, 3.63) is 145 Å². The lowest BCUT2D eigenvalue weighted by Gasteiger charge is -2.40. The molecule has 4 saturated carbocycles. The summed E-state index contributed by atoms with van der Waals surface area (Å²) >= 11 is 8.75. The average molecular weight is 2030 g/mol. The van der Waals surface area contributed by atoms with E-state index in [2.05, 4.69) is 172 Å². The molecule has 0 aromatic heterocycles. The van der Waals surface area contributed by atoms with Gasteiger partial charge in [0, 0.05) is 53.0 Å². The zero-order valence-corrected chi connectivity index (χ0v) is 79.9. The fraction of sp³-hybridized carbons (Fsp3) is 0.600. The molecule has 4 aromatic carbocycles. The van der Waals surface area contributed by atoms with Crippen LogP contribution in [0.1, 0.15) is 304 Å². The molecular formula is C95H138I4N8O8. The number of amides is 8. The zero-order valence-electron chi connectivity index (χ0n) is 71.3. The number of hydrogen-bond donors (Lipinski definition) is 4. The molecule has 4 aromatic rings. The van der Waals surface area contributed by atoms with Crippen molar-refractivity contribution < 1.29 is 38.4 Å². The van der Waals surface area contributed by atoms with Gasteiger partial charge in [-0.15, -0.1) is 12.8 Å². The van der Waals surface area contributed by atoms with Crippen LogP contribution in [0.5, 0.6) is 0 Å². The van der Waals surface area contributed by atoms with E-state index in [1.807, 2.05) is 128 Å². The highest BCUT2D eigenvalue weighted by Gasteiger charge is 2.43. The Morgan fingerprint density at radius 2 is 0.687 bits per heavy atom. The molecule has 0 spiro atoms. The molecule has 4 unspecified atom stereocenters. The van der Waals surface area contributed by atoms with Gasteiger partial charge in [0.2, 0.25) is 23.6 Å². The van der Waals surface area contributed by atoms with Crippen LogP contribution >= 0.6 is 90.4 Å². The van der Waals surface area contributed by atoms with Crippen LogP contribution in [0, 0.1) is 68.6 Å². The van der Waals surface area contributed by atoms with Crippen molar-refractivity contribution in [3.8, 4) is 24.7 Å². The molecule has 4 fully saturated rings. The first-order valence-corrected chi connectivity index (χ1v) is 47.6. The van der Waals surface area contributed by atoms with Gasteiger partial charge in [-0.25, -0.2) is 0 Å². The Balaban J connectivity index is 0.000000318. The Kier molecular flexibility index (Phi) is 51.6. The molecule has 8 rings (SSSR count). The van der Waals surface area contributed by atoms with Gasteiger partial charge >= 0.3 is 0 Å². The summed E-state index contributed by atoms with van der Waals surface area (Å²) in [6.45, 7) is 26.4. The van der Waals surface area contributed by atoms with E-state index in [1.54, 1.807) is 21.9 Å². The molecule has 0 heterocycles. The maximum atomic E-state index is 13.6. The Bertz CT molecular complexity index is 3690. The fourth-order valence-electron chi connectivity index (χ4n) is 15.5. The van der Waals surface area contributed by atoms with Crippen molar-refractivity contribution in [1.29, 1.82) is 0 Å². The van der Waals surface area contributed by atoms with E-state index in [-0.39, 0.29) is 102 Å². The number of halogens is 4. The topological polar surface area (TPSA) is 198 Å². The average Bonchev–Trinajstić information content (AvgIpc) is 0.772. The number of nitrogens with one attached hydrogen (secondary N) is 4. The van der Waals surface area contributed by atoms with Crippen LogP contribution in [0.3, 0.4) is 0 Å². The molecule has 115 heavy (non-hydrogen) atoms. The number of benzene rings is 4. The molecule has 4 aliphatic carbocycles. The normalized spacial score (nSPS) is 15.7. The molecule has 8 amide bonds. The summed E-state index contributed by atoms with van der Waals surface area (Å²) < 4.78 is 3.61. The van der Waals surface area contributed by atoms with Crippen LogP contribution in [0.15, 0.2) is 109 Å². The van der Waals surface area contributed by atoms with E-state index in [0.717, 1.165) is 168 Å². The first kappa shape index (κ1) is 102. The quantitative estimate of drug-likeness (QED) is 0.0153. The SMILES string of the molecule is C#CCN(C(=O)c1ccccc1I)C(C(=O)NC/C(C)=C/C)C1CCCCC1.C#CCN(C(=O)c1ccccc1I)C(C(=O)NCCCC)C1CCCCC1.CCCC.CCCCNC(=O)C(C1CCCCC1)N(C(=O)c1ccccc1I)C(C)C.CCCCNC(=O)C(C1CCCCC1)N(CCC(C)C)C(=O)c1ccccc1I. The lowest BCUT2D eigenvalue weighted by molar-refractivity contribution is -0.129. The van der Waals surface area contributed by atoms with Gasteiger partial charge in [0.25, 0.3) is 23.6 Å². The van der Waals surface area contributed by atoms with Crippen LogP contribution < -0.4 is 21.3 Å². The van der Waals surface area contributed by atoms with Crippen molar-refractivity contribution in [1.82, 2.24) is 40.9 Å². The van der Waals surface area contributed by atoms with Crippen LogP contribution in [0.2, 0.25) is 0 Å². The zero-order chi connectivity index (χ0) is 84.6. The van der Waals surface area contributed by atoms with Gasteiger partial charge in [-0.3, -0.25) is 38.4 Å². The highest BCUT2D eigenvalue weighted by molar-refractivity contribution is 14.1. The van der Waals surface area contributed by atoms with Crippen molar-refractivity contribution in [2.45, 2.75) is 293 Å². The Hall–Kier alpha value is -5.58. The van der Waals surface area contributed by atoms with E-state index in [1.165, 1.54) is 38.5 Å². The lowest BCUT2D eigenvalue weighted by atomic mass is 9.82. The number of terminal acetylenes is 2. The molecule has 4 N–H and O–H groups in total. The van der Waals surface area contributed by atoms with Crippen molar-refractivity contribution >= 4 is 138 Å². The first-order chi connectivity index (χ1) is 55.4. The van der Waals surface area contributed by atoms with Crippen molar-refractivity contribution in [2.24, 2.45) is 29.6 Å². The van der Waals surface area contributed by atoms with Crippen LogP contribution in [0.4, 0.5) is 0 Å². The molecular weight excluding hydrogens is 1890 g/mol. The van der Waals surface area contributed by atoms with Crippen LogP contribution in [0.25, 0.3) is 0 Å². The summed E-state index contributed by atoms with van der Waals surface area (Å²) in [5.41, 5.74) is 3.68. The third-order valence-corrected chi connectivity index (χ3v) is 26.0. The largest absolute Gasteiger partial charge is 0.354 e. The minimum Gasteiger partial charge on any atom is -0.354 e. The second kappa shape index (κ2) is 58.4. The number of carbonyl (C=O) groups is 8. The van der Waals surface area contributed by atoms with Gasteiger partial charge < -0.3 is 40.9 Å². The first-order valence-electron chi connectivity index (χ1n) is 43.3. The van der Waals surface area contributed by atoms with E-state index in [0.29, 0.717) is 60.9 Å². The van der Waals surface area contributed by atoms with Crippen molar-refractivity contribution in [3.63, 3.8) is 0 Å². The molecule has 0 saturated heterocycles. The number of allylic oxidation sites excluding steroid dienone is 1. The number of carbonyl (C=O) groups excluding carboxylic acids is 8. The van der Waals surface area contributed by atoms with E-state index in [4.69, 9.17) is 12.8 Å². The molecule has 4 atom stereocenters. The molecule has 0 bridgehead atoms. The molecule has 0 aliphatic heterocycles. The third kappa shape index (κ3) is 34.6. The highest BCUT2D eigenvalue weighted by atomic mass is 127. The lowest BCUT2D eigenvalue weighted by Crippen LogP contribution is -2.56. The fourth-order valence-corrected chi connectivity index (χ4v) is 18.0. The van der Waals surface area contributed by atoms with Gasteiger partial charge in [-0.05, 0) is 273 Å². The summed E-state index contributed by atoms with van der Waals surface area (Å²) in [5.74, 6) is 6.00. The third-order valence-electron chi connectivity index (χ3n) is 22.3. The predicted octanol–water partition coefficient (Wildman–Crippen LogP) is 21.1. The minimum atomic E-state index is -0.537. The van der Waals surface area contributed by atoms with Gasteiger partial charge in [0.05, 0.1) is 35.3 Å². The molecule has 634 valence electrons. The molecule has 16 nitrogen and oxygen atoms in total. The second-order valence-corrected chi connectivity index (χ2v) is 36.5. The summed E-state index contributed by atoms with van der Waals surface area (Å²) in [4.78, 5) is 114. The maximum absolute atomic E-state index is 13.6. The molecule has 20 heteroatoms. The highest BCUT2D eigenvalue weighted by Crippen LogP contribution is 2.36. The van der Waals surface area contributed by atoms with E-state index >= 15 is 0 Å². The van der Waals surface area contributed by atoms with E-state index in [9.17, 15) is 38.4 Å². The Morgan fingerprint density at radius 3 is 0.965 bits per heavy atom.